The highest BCUT2D eigenvalue weighted by Gasteiger charge is 2.18. The second-order valence-corrected chi connectivity index (χ2v) is 6.37. The molecule has 0 radical (unpaired) electrons. The van der Waals surface area contributed by atoms with Crippen LogP contribution in [0, 0.1) is 5.82 Å². The summed E-state index contributed by atoms with van der Waals surface area (Å²) in [5.41, 5.74) is 0.403. The van der Waals surface area contributed by atoms with Gasteiger partial charge in [-0.05, 0) is 37.3 Å². The predicted molar refractivity (Wildman–Crippen MR) is 78.7 cm³/mol. The molecule has 110 valence electrons. The lowest BCUT2D eigenvalue weighted by Crippen LogP contribution is -2.15. The monoisotopic (exact) mass is 327 g/mol. The first kappa shape index (κ1) is 15.5. The molecule has 0 spiro atoms. The van der Waals surface area contributed by atoms with E-state index in [9.17, 15) is 17.6 Å². The summed E-state index contributed by atoms with van der Waals surface area (Å²) >= 11 is 5.58. The van der Waals surface area contributed by atoms with Crippen molar-refractivity contribution >= 4 is 33.1 Å². The van der Waals surface area contributed by atoms with E-state index in [1.807, 2.05) is 0 Å². The maximum atomic E-state index is 13.1. The maximum Gasteiger partial charge on any atom is 0.261 e. The van der Waals surface area contributed by atoms with E-state index < -0.39 is 15.8 Å². The molecule has 0 heterocycles. The lowest BCUT2D eigenvalue weighted by molar-refractivity contribution is 0.101. The standard InChI is InChI=1S/C14H11ClFNO3S/c1-9(18)11-4-2-3-5-14(11)17-21(19,20)10-6-7-13(16)12(15)8-10/h2-8,17H,1H3. The molecule has 4 nitrogen and oxygen atoms in total. The third kappa shape index (κ3) is 3.40. The van der Waals surface area contributed by atoms with Gasteiger partial charge < -0.3 is 0 Å². The van der Waals surface area contributed by atoms with Crippen LogP contribution in [0.15, 0.2) is 47.4 Å². The molecule has 2 aromatic carbocycles. The number of nitrogens with one attached hydrogen (secondary N) is 1. The highest BCUT2D eigenvalue weighted by molar-refractivity contribution is 7.92. The summed E-state index contributed by atoms with van der Waals surface area (Å²) in [5.74, 6) is -0.981. The molecule has 0 atom stereocenters. The predicted octanol–water partition coefficient (Wildman–Crippen LogP) is 3.48. The molecule has 0 fully saturated rings. The number of hydrogen-bond donors (Lipinski definition) is 1. The molecule has 0 aromatic heterocycles. The Kier molecular flexibility index (Phi) is 4.29. The molecule has 0 unspecified atom stereocenters. The Bertz CT molecular complexity index is 806. The summed E-state index contributed by atoms with van der Waals surface area (Å²) in [6, 6.07) is 9.28. The molecule has 2 aromatic rings. The Balaban J connectivity index is 2.42. The van der Waals surface area contributed by atoms with Gasteiger partial charge in [-0.1, -0.05) is 23.7 Å². The highest BCUT2D eigenvalue weighted by atomic mass is 35.5. The van der Waals surface area contributed by atoms with Crippen LogP contribution in [-0.4, -0.2) is 14.2 Å². The first-order chi connectivity index (χ1) is 9.81. The van der Waals surface area contributed by atoms with Gasteiger partial charge >= 0.3 is 0 Å². The van der Waals surface area contributed by atoms with E-state index in [2.05, 4.69) is 4.72 Å². The zero-order valence-corrected chi connectivity index (χ0v) is 12.5. The van der Waals surface area contributed by atoms with Crippen LogP contribution in [0.2, 0.25) is 5.02 Å². The van der Waals surface area contributed by atoms with Gasteiger partial charge in [0.2, 0.25) is 0 Å². The van der Waals surface area contributed by atoms with E-state index in [4.69, 9.17) is 11.6 Å². The molecule has 0 saturated carbocycles. The third-order valence-corrected chi connectivity index (χ3v) is 4.40. The zero-order chi connectivity index (χ0) is 15.6. The van der Waals surface area contributed by atoms with Crippen LogP contribution in [-0.2, 0) is 10.0 Å². The summed E-state index contributed by atoms with van der Waals surface area (Å²) in [6.45, 7) is 1.34. The summed E-state index contributed by atoms with van der Waals surface area (Å²) in [7, 11) is -3.96. The van der Waals surface area contributed by atoms with Gasteiger partial charge in [0.15, 0.2) is 5.78 Å². The molecule has 0 aliphatic rings. The van der Waals surface area contributed by atoms with E-state index >= 15 is 0 Å². The number of rotatable bonds is 4. The van der Waals surface area contributed by atoms with Crippen molar-refractivity contribution in [3.05, 3.63) is 58.9 Å². The average Bonchev–Trinajstić information content (AvgIpc) is 2.41. The van der Waals surface area contributed by atoms with Crippen molar-refractivity contribution in [1.82, 2.24) is 0 Å². The third-order valence-electron chi connectivity index (χ3n) is 2.75. The second-order valence-electron chi connectivity index (χ2n) is 4.28. The van der Waals surface area contributed by atoms with Crippen LogP contribution in [0.5, 0.6) is 0 Å². The number of carbonyl (C=O) groups is 1. The van der Waals surface area contributed by atoms with Crippen molar-refractivity contribution in [2.75, 3.05) is 4.72 Å². The molecule has 0 aliphatic carbocycles. The quantitative estimate of drug-likeness (QED) is 0.874. The number of hydrogen-bond acceptors (Lipinski definition) is 3. The van der Waals surface area contributed by atoms with E-state index in [1.165, 1.54) is 19.1 Å². The summed E-state index contributed by atoms with van der Waals surface area (Å²) < 4.78 is 39.9. The summed E-state index contributed by atoms with van der Waals surface area (Å²) in [6.07, 6.45) is 0. The Hall–Kier alpha value is -1.92. The highest BCUT2D eigenvalue weighted by Crippen LogP contribution is 2.23. The van der Waals surface area contributed by atoms with Crippen LogP contribution in [0.1, 0.15) is 17.3 Å². The van der Waals surface area contributed by atoms with Gasteiger partial charge in [-0.15, -0.1) is 0 Å². The molecular formula is C14H11ClFNO3S. The molecule has 2 rings (SSSR count). The molecule has 1 N–H and O–H groups in total. The van der Waals surface area contributed by atoms with Crippen LogP contribution in [0.4, 0.5) is 10.1 Å². The molecule has 0 bridgehead atoms. The minimum atomic E-state index is -3.96. The number of para-hydroxylation sites is 1. The summed E-state index contributed by atoms with van der Waals surface area (Å²) in [5, 5.41) is -0.294. The Morgan fingerprint density at radius 1 is 1.19 bits per heavy atom. The van der Waals surface area contributed by atoms with Crippen molar-refractivity contribution in [2.24, 2.45) is 0 Å². The fraction of sp³-hybridized carbons (Fsp3) is 0.0714. The fourth-order valence-corrected chi connectivity index (χ4v) is 3.08. The van der Waals surface area contributed by atoms with Gasteiger partial charge in [0.05, 0.1) is 15.6 Å². The normalized spacial score (nSPS) is 11.2. The summed E-state index contributed by atoms with van der Waals surface area (Å²) in [4.78, 5) is 11.3. The lowest BCUT2D eigenvalue weighted by atomic mass is 10.1. The molecule has 0 saturated heterocycles. The molecule has 0 amide bonds. The van der Waals surface area contributed by atoms with Crippen LogP contribution < -0.4 is 4.72 Å². The van der Waals surface area contributed by atoms with Crippen molar-refractivity contribution < 1.29 is 17.6 Å². The van der Waals surface area contributed by atoms with Gasteiger partial charge in [-0.2, -0.15) is 0 Å². The van der Waals surface area contributed by atoms with E-state index in [0.717, 1.165) is 18.2 Å². The smallest absolute Gasteiger partial charge is 0.261 e. The lowest BCUT2D eigenvalue weighted by Gasteiger charge is -2.11. The molecule has 0 aliphatic heterocycles. The van der Waals surface area contributed by atoms with Crippen LogP contribution in [0.3, 0.4) is 0 Å². The number of carbonyl (C=O) groups excluding carboxylic acids is 1. The first-order valence-corrected chi connectivity index (χ1v) is 7.75. The van der Waals surface area contributed by atoms with Gasteiger partial charge in [0, 0.05) is 5.56 Å². The minimum absolute atomic E-state index is 0.158. The number of halogens is 2. The number of sulfonamides is 1. The first-order valence-electron chi connectivity index (χ1n) is 5.89. The van der Waals surface area contributed by atoms with E-state index in [-0.39, 0.29) is 27.0 Å². The number of ketones is 1. The Labute approximate surface area is 126 Å². The van der Waals surface area contributed by atoms with Crippen molar-refractivity contribution in [3.63, 3.8) is 0 Å². The van der Waals surface area contributed by atoms with E-state index in [1.54, 1.807) is 12.1 Å². The number of benzene rings is 2. The largest absolute Gasteiger partial charge is 0.294 e. The second kappa shape index (κ2) is 5.83. The van der Waals surface area contributed by atoms with Crippen LogP contribution >= 0.6 is 11.6 Å². The van der Waals surface area contributed by atoms with Gasteiger partial charge in [0.1, 0.15) is 5.82 Å². The number of anilines is 1. The Morgan fingerprint density at radius 2 is 1.86 bits per heavy atom. The topological polar surface area (TPSA) is 63.2 Å². The number of Topliss-reactive ketones (excluding diaryl/α,β-unsaturated/α-hetero) is 1. The van der Waals surface area contributed by atoms with Crippen molar-refractivity contribution in [3.8, 4) is 0 Å². The molecular weight excluding hydrogens is 317 g/mol. The average molecular weight is 328 g/mol. The van der Waals surface area contributed by atoms with Crippen LogP contribution in [0.25, 0.3) is 0 Å². The minimum Gasteiger partial charge on any atom is -0.294 e. The van der Waals surface area contributed by atoms with E-state index in [0.29, 0.717) is 0 Å². The SMILES string of the molecule is CC(=O)c1ccccc1NS(=O)(=O)c1ccc(F)c(Cl)c1. The molecule has 21 heavy (non-hydrogen) atoms. The van der Waals surface area contributed by atoms with Gasteiger partial charge in [0.25, 0.3) is 10.0 Å². The molecule has 7 heteroatoms. The fourth-order valence-electron chi connectivity index (χ4n) is 1.73. The van der Waals surface area contributed by atoms with Gasteiger partial charge in [-0.25, -0.2) is 12.8 Å². The maximum absolute atomic E-state index is 13.1. The van der Waals surface area contributed by atoms with Gasteiger partial charge in [-0.3, -0.25) is 9.52 Å². The van der Waals surface area contributed by atoms with Crippen molar-refractivity contribution in [1.29, 1.82) is 0 Å². The van der Waals surface area contributed by atoms with Crippen molar-refractivity contribution in [2.45, 2.75) is 11.8 Å². The Morgan fingerprint density at radius 3 is 2.48 bits per heavy atom. The zero-order valence-electron chi connectivity index (χ0n) is 10.9.